The number of piperidine rings is 1. The number of amides is 1. The van der Waals surface area contributed by atoms with E-state index in [1.165, 1.54) is 6.42 Å². The summed E-state index contributed by atoms with van der Waals surface area (Å²) >= 11 is 0. The Labute approximate surface area is 144 Å². The molecule has 1 N–H and O–H groups in total. The first-order chi connectivity index (χ1) is 11.6. The molecule has 2 fully saturated rings. The molecule has 0 saturated carbocycles. The van der Waals surface area contributed by atoms with Crippen LogP contribution in [-0.4, -0.2) is 65.6 Å². The van der Waals surface area contributed by atoms with Crippen LogP contribution in [0, 0.1) is 0 Å². The summed E-state index contributed by atoms with van der Waals surface area (Å²) in [5.41, 5.74) is 0.891. The minimum atomic E-state index is 0.269. The molecule has 2 heterocycles. The van der Waals surface area contributed by atoms with Crippen LogP contribution in [0.15, 0.2) is 24.3 Å². The molecule has 1 aromatic carbocycles. The third-order valence-electron chi connectivity index (χ3n) is 5.44. The van der Waals surface area contributed by atoms with E-state index in [2.05, 4.69) is 28.5 Å². The number of carbonyl (C=O) groups excluding carboxylic acids is 1. The predicted molar refractivity (Wildman–Crippen MR) is 96.4 cm³/mol. The highest BCUT2D eigenvalue weighted by atomic mass is 16.3. The van der Waals surface area contributed by atoms with Crippen molar-refractivity contribution in [3.8, 4) is 5.75 Å². The number of likely N-dealkylation sites (tertiary alicyclic amines) is 1. The molecule has 2 atom stereocenters. The van der Waals surface area contributed by atoms with E-state index in [0.29, 0.717) is 24.4 Å². The summed E-state index contributed by atoms with van der Waals surface area (Å²) in [5, 5.41) is 9.99. The van der Waals surface area contributed by atoms with Crippen LogP contribution in [0.3, 0.4) is 0 Å². The van der Waals surface area contributed by atoms with Crippen molar-refractivity contribution in [3.05, 3.63) is 24.3 Å². The summed E-state index contributed by atoms with van der Waals surface area (Å²) in [4.78, 5) is 19.3. The van der Waals surface area contributed by atoms with Gasteiger partial charge < -0.3 is 14.9 Å². The van der Waals surface area contributed by atoms with Crippen molar-refractivity contribution in [3.63, 3.8) is 0 Å². The minimum Gasteiger partial charge on any atom is -0.506 e. The number of phenolic OH excluding ortho intramolecular Hbond substituents is 1. The Morgan fingerprint density at radius 2 is 1.71 bits per heavy atom. The van der Waals surface area contributed by atoms with Crippen molar-refractivity contribution in [2.24, 2.45) is 0 Å². The van der Waals surface area contributed by atoms with Gasteiger partial charge >= 0.3 is 0 Å². The normalized spacial score (nSPS) is 25.8. The summed E-state index contributed by atoms with van der Waals surface area (Å²) in [6.45, 7) is 8.26. The molecule has 2 saturated heterocycles. The zero-order chi connectivity index (χ0) is 17.1. The van der Waals surface area contributed by atoms with Gasteiger partial charge in [0.05, 0.1) is 12.2 Å². The van der Waals surface area contributed by atoms with Crippen molar-refractivity contribution in [2.75, 3.05) is 37.6 Å². The van der Waals surface area contributed by atoms with E-state index in [1.807, 2.05) is 18.2 Å². The zero-order valence-electron chi connectivity index (χ0n) is 14.8. The van der Waals surface area contributed by atoms with E-state index < -0.39 is 0 Å². The van der Waals surface area contributed by atoms with Crippen molar-refractivity contribution < 1.29 is 9.90 Å². The first-order valence-corrected chi connectivity index (χ1v) is 9.12. The lowest BCUT2D eigenvalue weighted by atomic mass is 9.97. The molecule has 5 heteroatoms. The van der Waals surface area contributed by atoms with E-state index >= 15 is 0 Å². The number of hydrogen-bond acceptors (Lipinski definition) is 4. The molecule has 2 aliphatic rings. The molecular formula is C19H29N3O2. The Balaban J connectivity index is 1.54. The number of phenols is 1. The maximum absolute atomic E-state index is 12.7. The summed E-state index contributed by atoms with van der Waals surface area (Å²) in [5.74, 6) is 0.601. The van der Waals surface area contributed by atoms with Crippen molar-refractivity contribution in [1.29, 1.82) is 0 Å². The van der Waals surface area contributed by atoms with Gasteiger partial charge in [-0.2, -0.15) is 0 Å². The number of hydrogen-bond donors (Lipinski definition) is 1. The average molecular weight is 331 g/mol. The van der Waals surface area contributed by atoms with Gasteiger partial charge in [0.2, 0.25) is 5.91 Å². The van der Waals surface area contributed by atoms with Crippen molar-refractivity contribution >= 4 is 11.6 Å². The molecule has 1 aromatic rings. The van der Waals surface area contributed by atoms with Crippen LogP contribution in [0.4, 0.5) is 5.69 Å². The van der Waals surface area contributed by atoms with Gasteiger partial charge in [-0.15, -0.1) is 0 Å². The van der Waals surface area contributed by atoms with Crippen molar-refractivity contribution in [1.82, 2.24) is 9.80 Å². The summed E-state index contributed by atoms with van der Waals surface area (Å²) in [6, 6.07) is 8.20. The third-order valence-corrected chi connectivity index (χ3v) is 5.44. The topological polar surface area (TPSA) is 47.0 Å². The van der Waals surface area contributed by atoms with Crippen LogP contribution in [0.5, 0.6) is 5.75 Å². The molecule has 0 aromatic heterocycles. The van der Waals surface area contributed by atoms with Gasteiger partial charge in [-0.1, -0.05) is 12.1 Å². The molecule has 0 radical (unpaired) electrons. The second-order valence-electron chi connectivity index (χ2n) is 7.18. The first kappa shape index (κ1) is 17.1. The Bertz CT molecular complexity index is 559. The van der Waals surface area contributed by atoms with Crippen LogP contribution in [0.1, 0.15) is 33.1 Å². The smallest absolute Gasteiger partial charge is 0.237 e. The van der Waals surface area contributed by atoms with Gasteiger partial charge in [0.25, 0.3) is 0 Å². The van der Waals surface area contributed by atoms with Crippen LogP contribution >= 0.6 is 0 Å². The SMILES string of the molecule is CC1CCCC(C)N1C(=O)CN1CCN(c2ccccc2O)CC1. The molecule has 24 heavy (non-hydrogen) atoms. The van der Waals surface area contributed by atoms with E-state index in [-0.39, 0.29) is 5.91 Å². The fourth-order valence-corrected chi connectivity index (χ4v) is 4.06. The number of rotatable bonds is 3. The zero-order valence-corrected chi connectivity index (χ0v) is 14.8. The molecule has 0 aliphatic carbocycles. The highest BCUT2D eigenvalue weighted by molar-refractivity contribution is 5.79. The van der Waals surface area contributed by atoms with Gasteiger partial charge in [-0.25, -0.2) is 0 Å². The average Bonchev–Trinajstić information content (AvgIpc) is 2.56. The number of carbonyl (C=O) groups is 1. The number of para-hydroxylation sites is 2. The van der Waals surface area contributed by atoms with Gasteiger partial charge in [0.1, 0.15) is 5.75 Å². The Kier molecular flexibility index (Phi) is 5.29. The second kappa shape index (κ2) is 7.43. The minimum absolute atomic E-state index is 0.269. The first-order valence-electron chi connectivity index (χ1n) is 9.12. The Morgan fingerprint density at radius 1 is 1.08 bits per heavy atom. The van der Waals surface area contributed by atoms with Crippen molar-refractivity contribution in [2.45, 2.75) is 45.2 Å². The lowest BCUT2D eigenvalue weighted by molar-refractivity contribution is -0.138. The number of aromatic hydroxyl groups is 1. The Hall–Kier alpha value is -1.75. The van der Waals surface area contributed by atoms with E-state index in [0.717, 1.165) is 44.7 Å². The third kappa shape index (κ3) is 3.66. The molecule has 2 unspecified atom stereocenters. The molecule has 0 bridgehead atoms. The molecule has 2 aliphatic heterocycles. The largest absolute Gasteiger partial charge is 0.506 e. The molecule has 3 rings (SSSR count). The number of nitrogens with zero attached hydrogens (tertiary/aromatic N) is 3. The molecule has 0 spiro atoms. The van der Waals surface area contributed by atoms with Crippen LogP contribution in [0.25, 0.3) is 0 Å². The number of anilines is 1. The van der Waals surface area contributed by atoms with Gasteiger partial charge in [-0.05, 0) is 45.2 Å². The van der Waals surface area contributed by atoms with Gasteiger partial charge in [0, 0.05) is 38.3 Å². The van der Waals surface area contributed by atoms with E-state index in [4.69, 9.17) is 0 Å². The molecule has 5 nitrogen and oxygen atoms in total. The highest BCUT2D eigenvalue weighted by Crippen LogP contribution is 2.27. The maximum Gasteiger partial charge on any atom is 0.237 e. The fourth-order valence-electron chi connectivity index (χ4n) is 4.06. The standard InChI is InChI=1S/C19H29N3O2/c1-15-6-5-7-16(2)22(15)19(24)14-20-10-12-21(13-11-20)17-8-3-4-9-18(17)23/h3-4,8-9,15-16,23H,5-7,10-14H2,1-2H3. The van der Waals surface area contributed by atoms with Gasteiger partial charge in [-0.3, -0.25) is 9.69 Å². The lowest BCUT2D eigenvalue weighted by Crippen LogP contribution is -2.54. The molecular weight excluding hydrogens is 302 g/mol. The quantitative estimate of drug-likeness (QED) is 0.923. The van der Waals surface area contributed by atoms with Crippen LogP contribution in [0.2, 0.25) is 0 Å². The predicted octanol–water partition coefficient (Wildman–Crippen LogP) is 2.30. The monoisotopic (exact) mass is 331 g/mol. The summed E-state index contributed by atoms with van der Waals surface area (Å²) < 4.78 is 0. The summed E-state index contributed by atoms with van der Waals surface area (Å²) in [6.07, 6.45) is 3.47. The lowest BCUT2D eigenvalue weighted by Gasteiger charge is -2.41. The van der Waals surface area contributed by atoms with Crippen LogP contribution < -0.4 is 4.90 Å². The summed E-state index contributed by atoms with van der Waals surface area (Å²) in [7, 11) is 0. The molecule has 132 valence electrons. The second-order valence-corrected chi connectivity index (χ2v) is 7.18. The van der Waals surface area contributed by atoms with Crippen LogP contribution in [-0.2, 0) is 4.79 Å². The Morgan fingerprint density at radius 3 is 2.33 bits per heavy atom. The van der Waals surface area contributed by atoms with E-state index in [9.17, 15) is 9.90 Å². The van der Waals surface area contributed by atoms with E-state index in [1.54, 1.807) is 6.07 Å². The maximum atomic E-state index is 12.7. The highest BCUT2D eigenvalue weighted by Gasteiger charge is 2.30. The fraction of sp³-hybridized carbons (Fsp3) is 0.632. The van der Waals surface area contributed by atoms with Gasteiger partial charge in [0.15, 0.2) is 0 Å². The number of benzene rings is 1. The number of piperazine rings is 1. The molecule has 1 amide bonds.